The number of rotatable bonds is 4. The summed E-state index contributed by atoms with van der Waals surface area (Å²) >= 11 is 0. The van der Waals surface area contributed by atoms with Crippen LogP contribution in [0.15, 0.2) is 28.8 Å². The van der Waals surface area contributed by atoms with Crippen LogP contribution in [0.25, 0.3) is 0 Å². The van der Waals surface area contributed by atoms with Gasteiger partial charge in [0, 0.05) is 6.07 Å². The number of hydrogen-bond acceptors (Lipinski definition) is 5. The minimum atomic E-state index is 0.504. The van der Waals surface area contributed by atoms with Gasteiger partial charge in [-0.1, -0.05) is 0 Å². The van der Waals surface area contributed by atoms with Gasteiger partial charge < -0.3 is 20.2 Å². The van der Waals surface area contributed by atoms with Crippen molar-refractivity contribution in [2.24, 2.45) is 0 Å². The van der Waals surface area contributed by atoms with Crippen LogP contribution in [0, 0.1) is 6.92 Å². The molecule has 0 atom stereocenters. The van der Waals surface area contributed by atoms with Crippen molar-refractivity contribution in [2.75, 3.05) is 18.2 Å². The Kier molecular flexibility index (Phi) is 3.18. The Morgan fingerprint density at radius 1 is 1.47 bits per heavy atom. The van der Waals surface area contributed by atoms with Crippen LogP contribution in [0.3, 0.4) is 0 Å². The van der Waals surface area contributed by atoms with Crippen molar-refractivity contribution < 1.29 is 9.15 Å². The summed E-state index contributed by atoms with van der Waals surface area (Å²) in [6.45, 7) is 2.36. The van der Waals surface area contributed by atoms with E-state index < -0.39 is 0 Å². The first kappa shape index (κ1) is 11.3. The summed E-state index contributed by atoms with van der Waals surface area (Å²) in [7, 11) is 1.61. The van der Waals surface area contributed by atoms with Crippen LogP contribution in [-0.4, -0.2) is 12.1 Å². The van der Waals surface area contributed by atoms with Gasteiger partial charge in [0.25, 0.3) is 0 Å². The summed E-state index contributed by atoms with van der Waals surface area (Å²) < 4.78 is 10.4. The number of anilines is 2. The third-order valence-corrected chi connectivity index (χ3v) is 2.36. The molecule has 5 heteroatoms. The van der Waals surface area contributed by atoms with E-state index in [2.05, 4.69) is 10.3 Å². The summed E-state index contributed by atoms with van der Waals surface area (Å²) in [5, 5.41) is 3.16. The summed E-state index contributed by atoms with van der Waals surface area (Å²) in [5.74, 6) is 2.17. The normalized spacial score (nSPS) is 10.2. The molecule has 0 aliphatic rings. The molecule has 0 spiro atoms. The maximum Gasteiger partial charge on any atom is 0.213 e. The fraction of sp³-hybridized carbons (Fsp3) is 0.250. The van der Waals surface area contributed by atoms with Gasteiger partial charge in [-0.15, -0.1) is 0 Å². The number of ether oxygens (including phenoxy) is 1. The van der Waals surface area contributed by atoms with Gasteiger partial charge in [0.05, 0.1) is 31.2 Å². The van der Waals surface area contributed by atoms with Gasteiger partial charge in [0.1, 0.15) is 11.5 Å². The molecule has 0 saturated carbocycles. The first-order valence-electron chi connectivity index (χ1n) is 5.27. The molecule has 2 aromatic rings. The lowest BCUT2D eigenvalue weighted by atomic mass is 10.2. The highest BCUT2D eigenvalue weighted by atomic mass is 16.5. The molecule has 0 fully saturated rings. The molecule has 0 aliphatic heterocycles. The summed E-state index contributed by atoms with van der Waals surface area (Å²) in [5.41, 5.74) is 7.34. The number of nitrogens with two attached hydrogens (primary N) is 1. The minimum absolute atomic E-state index is 0.504. The van der Waals surface area contributed by atoms with E-state index in [1.54, 1.807) is 19.4 Å². The van der Waals surface area contributed by atoms with E-state index in [-0.39, 0.29) is 0 Å². The number of nitrogens with zero attached hydrogens (tertiary/aromatic N) is 1. The van der Waals surface area contributed by atoms with E-state index in [0.29, 0.717) is 18.1 Å². The highest BCUT2D eigenvalue weighted by Crippen LogP contribution is 2.24. The van der Waals surface area contributed by atoms with Crippen LogP contribution in [0.5, 0.6) is 5.75 Å². The smallest absolute Gasteiger partial charge is 0.213 e. The Hall–Kier alpha value is -2.17. The molecule has 0 aliphatic carbocycles. The van der Waals surface area contributed by atoms with Crippen molar-refractivity contribution in [1.82, 2.24) is 4.98 Å². The van der Waals surface area contributed by atoms with E-state index in [4.69, 9.17) is 14.9 Å². The largest absolute Gasteiger partial charge is 0.497 e. The van der Waals surface area contributed by atoms with E-state index in [9.17, 15) is 0 Å². The Morgan fingerprint density at radius 2 is 2.29 bits per heavy atom. The van der Waals surface area contributed by atoms with Gasteiger partial charge >= 0.3 is 0 Å². The van der Waals surface area contributed by atoms with Gasteiger partial charge in [0.15, 0.2) is 0 Å². The Labute approximate surface area is 99.6 Å². The zero-order valence-corrected chi connectivity index (χ0v) is 9.86. The van der Waals surface area contributed by atoms with Crippen molar-refractivity contribution in [3.8, 4) is 5.75 Å². The van der Waals surface area contributed by atoms with Crippen LogP contribution < -0.4 is 15.8 Å². The van der Waals surface area contributed by atoms with Gasteiger partial charge in [-0.2, -0.15) is 0 Å². The molecule has 90 valence electrons. The van der Waals surface area contributed by atoms with Crippen LogP contribution in [0.2, 0.25) is 0 Å². The van der Waals surface area contributed by atoms with Gasteiger partial charge in [0.2, 0.25) is 5.89 Å². The number of aryl methyl sites for hydroxylation is 1. The molecule has 3 N–H and O–H groups in total. The zero-order chi connectivity index (χ0) is 12.3. The van der Waals surface area contributed by atoms with Gasteiger partial charge in [-0.25, -0.2) is 4.98 Å². The van der Waals surface area contributed by atoms with Gasteiger partial charge in [-0.05, 0) is 19.1 Å². The average Bonchev–Trinajstić information content (AvgIpc) is 2.73. The lowest BCUT2D eigenvalue weighted by Crippen LogP contribution is -2.02. The second-order valence-electron chi connectivity index (χ2n) is 3.67. The molecule has 1 aromatic heterocycles. The third kappa shape index (κ3) is 2.69. The average molecular weight is 233 g/mol. The SMILES string of the molecule is COc1ccc(NCc2ncc(C)o2)c(N)c1. The molecular weight excluding hydrogens is 218 g/mol. The van der Waals surface area contributed by atoms with E-state index in [0.717, 1.165) is 17.2 Å². The number of benzene rings is 1. The van der Waals surface area contributed by atoms with Crippen LogP contribution in [-0.2, 0) is 6.54 Å². The predicted molar refractivity (Wildman–Crippen MR) is 66.0 cm³/mol. The second-order valence-corrected chi connectivity index (χ2v) is 3.67. The molecule has 5 nitrogen and oxygen atoms in total. The first-order chi connectivity index (χ1) is 8.19. The molecule has 0 radical (unpaired) electrons. The summed E-state index contributed by atoms with van der Waals surface area (Å²) in [4.78, 5) is 4.10. The Morgan fingerprint density at radius 3 is 2.88 bits per heavy atom. The fourth-order valence-electron chi connectivity index (χ4n) is 1.48. The molecule has 17 heavy (non-hydrogen) atoms. The number of nitrogen functional groups attached to an aromatic ring is 1. The fourth-order valence-corrected chi connectivity index (χ4v) is 1.48. The summed E-state index contributed by atoms with van der Waals surface area (Å²) in [6.07, 6.45) is 1.69. The molecule has 1 aromatic carbocycles. The Balaban J connectivity index is 2.04. The topological polar surface area (TPSA) is 73.3 Å². The number of oxazole rings is 1. The third-order valence-electron chi connectivity index (χ3n) is 2.36. The molecule has 0 amide bonds. The standard InChI is InChI=1S/C12H15N3O2/c1-8-6-15-12(17-8)7-14-11-4-3-9(16-2)5-10(11)13/h3-6,14H,7,13H2,1-2H3. The van der Waals surface area contributed by atoms with E-state index in [1.807, 2.05) is 19.1 Å². The van der Waals surface area contributed by atoms with Crippen molar-refractivity contribution in [3.05, 3.63) is 36.0 Å². The minimum Gasteiger partial charge on any atom is -0.497 e. The molecule has 0 bridgehead atoms. The maximum atomic E-state index is 5.87. The number of nitrogens with one attached hydrogen (secondary N) is 1. The number of aromatic nitrogens is 1. The van der Waals surface area contributed by atoms with Crippen LogP contribution in [0.1, 0.15) is 11.7 Å². The second kappa shape index (κ2) is 4.78. The molecule has 2 rings (SSSR count). The summed E-state index contributed by atoms with van der Waals surface area (Å²) in [6, 6.07) is 5.48. The molecule has 1 heterocycles. The molecule has 0 unspecified atom stereocenters. The number of methoxy groups -OCH3 is 1. The Bertz CT molecular complexity index is 508. The monoisotopic (exact) mass is 233 g/mol. The van der Waals surface area contributed by atoms with Gasteiger partial charge in [-0.3, -0.25) is 0 Å². The van der Waals surface area contributed by atoms with Crippen LogP contribution >= 0.6 is 0 Å². The number of hydrogen-bond donors (Lipinski definition) is 2. The van der Waals surface area contributed by atoms with E-state index >= 15 is 0 Å². The molecular formula is C12H15N3O2. The zero-order valence-electron chi connectivity index (χ0n) is 9.86. The highest BCUT2D eigenvalue weighted by molar-refractivity contribution is 5.68. The lowest BCUT2D eigenvalue weighted by molar-refractivity contribution is 0.415. The maximum absolute atomic E-state index is 5.87. The van der Waals surface area contributed by atoms with Crippen LogP contribution in [0.4, 0.5) is 11.4 Å². The quantitative estimate of drug-likeness (QED) is 0.792. The van der Waals surface area contributed by atoms with Crippen molar-refractivity contribution in [1.29, 1.82) is 0 Å². The van der Waals surface area contributed by atoms with Crippen molar-refractivity contribution >= 4 is 11.4 Å². The van der Waals surface area contributed by atoms with Crippen molar-refractivity contribution in [3.63, 3.8) is 0 Å². The van der Waals surface area contributed by atoms with Crippen molar-refractivity contribution in [2.45, 2.75) is 13.5 Å². The molecule has 0 saturated heterocycles. The first-order valence-corrected chi connectivity index (χ1v) is 5.27. The van der Waals surface area contributed by atoms with E-state index in [1.165, 1.54) is 0 Å². The predicted octanol–water partition coefficient (Wildman–Crippen LogP) is 2.19. The lowest BCUT2D eigenvalue weighted by Gasteiger charge is -2.08. The highest BCUT2D eigenvalue weighted by Gasteiger charge is 2.03.